The average molecular weight is 231 g/mol. The lowest BCUT2D eigenvalue weighted by Gasteiger charge is -2.05. The Bertz CT molecular complexity index is 531. The molecule has 4 nitrogen and oxygen atoms in total. The molecule has 0 unspecified atom stereocenters. The van der Waals surface area contributed by atoms with Crippen LogP contribution < -0.4 is 5.32 Å². The third-order valence-electron chi connectivity index (χ3n) is 2.37. The zero-order valence-corrected chi connectivity index (χ0v) is 9.43. The van der Waals surface area contributed by atoms with E-state index in [0.717, 1.165) is 17.2 Å². The molecule has 0 atom stereocenters. The molecule has 0 radical (unpaired) electrons. The highest BCUT2D eigenvalue weighted by molar-refractivity contribution is 5.88. The van der Waals surface area contributed by atoms with Crippen LogP contribution in [-0.4, -0.2) is 11.1 Å². The van der Waals surface area contributed by atoms with E-state index in [4.69, 9.17) is 9.52 Å². The predicted octanol–water partition coefficient (Wildman–Crippen LogP) is 2.90. The minimum Gasteiger partial charge on any atom is -0.478 e. The van der Waals surface area contributed by atoms with Gasteiger partial charge in [0, 0.05) is 5.69 Å². The molecule has 17 heavy (non-hydrogen) atoms. The number of furan rings is 1. The maximum absolute atomic E-state index is 10.8. The number of carbonyl (C=O) groups is 1. The largest absolute Gasteiger partial charge is 0.478 e. The van der Waals surface area contributed by atoms with Crippen molar-refractivity contribution < 1.29 is 14.3 Å². The molecule has 4 heteroatoms. The summed E-state index contributed by atoms with van der Waals surface area (Å²) >= 11 is 0. The number of anilines is 1. The molecule has 0 amide bonds. The third-order valence-corrected chi connectivity index (χ3v) is 2.37. The fraction of sp³-hybridized carbons (Fsp3) is 0.154. The normalized spacial score (nSPS) is 10.2. The molecule has 0 bridgehead atoms. The first-order chi connectivity index (χ1) is 8.15. The lowest BCUT2D eigenvalue weighted by Crippen LogP contribution is -2.01. The maximum atomic E-state index is 10.8. The van der Waals surface area contributed by atoms with Crippen molar-refractivity contribution in [2.24, 2.45) is 0 Å². The molecule has 0 aliphatic rings. The third kappa shape index (κ3) is 2.87. The number of nitrogens with one attached hydrogen (secondary N) is 1. The first kappa shape index (κ1) is 11.3. The number of carboxylic acids is 1. The molecule has 0 fully saturated rings. The molecule has 1 heterocycles. The minimum atomic E-state index is -0.928. The van der Waals surface area contributed by atoms with Crippen molar-refractivity contribution >= 4 is 11.7 Å². The van der Waals surface area contributed by atoms with E-state index in [2.05, 4.69) is 5.32 Å². The summed E-state index contributed by atoms with van der Waals surface area (Å²) in [6.45, 7) is 2.42. The summed E-state index contributed by atoms with van der Waals surface area (Å²) in [4.78, 5) is 10.8. The van der Waals surface area contributed by atoms with Gasteiger partial charge in [0.05, 0.1) is 12.1 Å². The first-order valence-electron chi connectivity index (χ1n) is 5.28. The number of rotatable bonds is 4. The van der Waals surface area contributed by atoms with E-state index in [-0.39, 0.29) is 5.56 Å². The van der Waals surface area contributed by atoms with Gasteiger partial charge in [-0.25, -0.2) is 4.79 Å². The van der Waals surface area contributed by atoms with Crippen molar-refractivity contribution in [2.45, 2.75) is 13.5 Å². The van der Waals surface area contributed by atoms with Crippen molar-refractivity contribution in [2.75, 3.05) is 5.32 Å². The Morgan fingerprint density at radius 2 is 2.18 bits per heavy atom. The molecule has 0 saturated carbocycles. The summed E-state index contributed by atoms with van der Waals surface area (Å²) in [6.07, 6.45) is 0. The Morgan fingerprint density at radius 1 is 1.35 bits per heavy atom. The van der Waals surface area contributed by atoms with Gasteiger partial charge in [-0.1, -0.05) is 6.07 Å². The Labute approximate surface area is 98.9 Å². The van der Waals surface area contributed by atoms with Gasteiger partial charge in [0.1, 0.15) is 11.5 Å². The summed E-state index contributed by atoms with van der Waals surface area (Å²) in [7, 11) is 0. The first-order valence-corrected chi connectivity index (χ1v) is 5.28. The van der Waals surface area contributed by atoms with Crippen molar-refractivity contribution in [1.29, 1.82) is 0 Å². The number of hydrogen-bond acceptors (Lipinski definition) is 3. The summed E-state index contributed by atoms with van der Waals surface area (Å²) in [6, 6.07) is 10.5. The van der Waals surface area contributed by atoms with Gasteiger partial charge in [0.15, 0.2) is 0 Å². The molecule has 88 valence electrons. The van der Waals surface area contributed by atoms with Gasteiger partial charge in [-0.05, 0) is 37.3 Å². The topological polar surface area (TPSA) is 62.5 Å². The Kier molecular flexibility index (Phi) is 3.14. The number of aromatic carboxylic acids is 1. The summed E-state index contributed by atoms with van der Waals surface area (Å²) in [5.74, 6) is 0.756. The number of aryl methyl sites for hydroxylation is 1. The zero-order valence-electron chi connectivity index (χ0n) is 9.43. The number of hydrogen-bond donors (Lipinski definition) is 2. The van der Waals surface area contributed by atoms with Gasteiger partial charge in [0.2, 0.25) is 0 Å². The predicted molar refractivity (Wildman–Crippen MR) is 64.2 cm³/mol. The lowest BCUT2D eigenvalue weighted by molar-refractivity contribution is 0.0697. The number of carboxylic acid groups (broad SMARTS) is 1. The van der Waals surface area contributed by atoms with Crippen LogP contribution in [0.2, 0.25) is 0 Å². The van der Waals surface area contributed by atoms with E-state index in [1.807, 2.05) is 25.1 Å². The quantitative estimate of drug-likeness (QED) is 0.849. The molecule has 0 aliphatic heterocycles. The van der Waals surface area contributed by atoms with Gasteiger partial charge >= 0.3 is 5.97 Å². The van der Waals surface area contributed by atoms with Gasteiger partial charge in [-0.15, -0.1) is 0 Å². The van der Waals surface area contributed by atoms with Crippen LogP contribution in [-0.2, 0) is 6.54 Å². The molecule has 2 rings (SSSR count). The summed E-state index contributed by atoms with van der Waals surface area (Å²) in [5.41, 5.74) is 1.03. The highest BCUT2D eigenvalue weighted by atomic mass is 16.4. The highest BCUT2D eigenvalue weighted by Crippen LogP contribution is 2.13. The van der Waals surface area contributed by atoms with Crippen LogP contribution in [0.3, 0.4) is 0 Å². The standard InChI is InChI=1S/C13H13NO3/c1-9-5-6-12(17-9)8-14-11-4-2-3-10(7-11)13(15)16/h2-7,14H,8H2,1H3,(H,15,16). The van der Waals surface area contributed by atoms with Crippen LogP contribution in [0.4, 0.5) is 5.69 Å². The summed E-state index contributed by atoms with van der Waals surface area (Å²) < 4.78 is 5.40. The van der Waals surface area contributed by atoms with Crippen LogP contribution >= 0.6 is 0 Å². The van der Waals surface area contributed by atoms with E-state index in [1.54, 1.807) is 18.2 Å². The fourth-order valence-corrected chi connectivity index (χ4v) is 1.53. The van der Waals surface area contributed by atoms with Crippen molar-refractivity contribution in [1.82, 2.24) is 0 Å². The van der Waals surface area contributed by atoms with E-state index in [0.29, 0.717) is 6.54 Å². The van der Waals surface area contributed by atoms with Crippen molar-refractivity contribution in [3.8, 4) is 0 Å². The van der Waals surface area contributed by atoms with E-state index >= 15 is 0 Å². The summed E-state index contributed by atoms with van der Waals surface area (Å²) in [5, 5.41) is 12.0. The highest BCUT2D eigenvalue weighted by Gasteiger charge is 2.03. The van der Waals surface area contributed by atoms with Crippen LogP contribution in [0.1, 0.15) is 21.9 Å². The molecule has 1 aromatic heterocycles. The van der Waals surface area contributed by atoms with Gasteiger partial charge in [-0.3, -0.25) is 0 Å². The second kappa shape index (κ2) is 4.74. The van der Waals surface area contributed by atoms with Crippen molar-refractivity contribution in [3.05, 3.63) is 53.5 Å². The smallest absolute Gasteiger partial charge is 0.335 e. The molecule has 1 aromatic carbocycles. The Hall–Kier alpha value is -2.23. The van der Waals surface area contributed by atoms with Crippen LogP contribution in [0, 0.1) is 6.92 Å². The Balaban J connectivity index is 2.04. The van der Waals surface area contributed by atoms with E-state index in [1.165, 1.54) is 0 Å². The van der Waals surface area contributed by atoms with Gasteiger partial charge in [-0.2, -0.15) is 0 Å². The molecule has 0 aliphatic carbocycles. The SMILES string of the molecule is Cc1ccc(CNc2cccc(C(=O)O)c2)o1. The molecule has 0 spiro atoms. The minimum absolute atomic E-state index is 0.269. The lowest BCUT2D eigenvalue weighted by atomic mass is 10.2. The van der Waals surface area contributed by atoms with Crippen LogP contribution in [0.5, 0.6) is 0 Å². The fourth-order valence-electron chi connectivity index (χ4n) is 1.53. The average Bonchev–Trinajstić information content (AvgIpc) is 2.73. The van der Waals surface area contributed by atoms with Crippen LogP contribution in [0.25, 0.3) is 0 Å². The monoisotopic (exact) mass is 231 g/mol. The van der Waals surface area contributed by atoms with Crippen LogP contribution in [0.15, 0.2) is 40.8 Å². The Morgan fingerprint density at radius 3 is 2.82 bits per heavy atom. The van der Waals surface area contributed by atoms with E-state index in [9.17, 15) is 4.79 Å². The molecule has 0 saturated heterocycles. The number of benzene rings is 1. The molecular weight excluding hydrogens is 218 g/mol. The second-order valence-corrected chi connectivity index (χ2v) is 3.75. The second-order valence-electron chi connectivity index (χ2n) is 3.75. The van der Waals surface area contributed by atoms with E-state index < -0.39 is 5.97 Å². The maximum Gasteiger partial charge on any atom is 0.335 e. The molecule has 2 N–H and O–H groups in total. The zero-order chi connectivity index (χ0) is 12.3. The molecule has 2 aromatic rings. The van der Waals surface area contributed by atoms with Crippen molar-refractivity contribution in [3.63, 3.8) is 0 Å². The van der Waals surface area contributed by atoms with Gasteiger partial charge < -0.3 is 14.8 Å². The molecular formula is C13H13NO3. The van der Waals surface area contributed by atoms with Gasteiger partial charge in [0.25, 0.3) is 0 Å².